The zero-order chi connectivity index (χ0) is 17.9. The molecule has 0 bridgehead atoms. The third-order valence-electron chi connectivity index (χ3n) is 3.98. The number of hydrogen-bond acceptors (Lipinski definition) is 6. The fourth-order valence-electron chi connectivity index (χ4n) is 2.76. The zero-order valence-electron chi connectivity index (χ0n) is 13.6. The number of amides is 1. The molecule has 1 aliphatic heterocycles. The van der Waals surface area contributed by atoms with Crippen LogP contribution in [0, 0.1) is 5.21 Å². The molecule has 4 heterocycles. The summed E-state index contributed by atoms with van der Waals surface area (Å²) in [4.78, 5) is 15.1. The first-order chi connectivity index (χ1) is 12.7. The fraction of sp³-hybridized carbons (Fsp3) is 0.167. The molecule has 132 valence electrons. The standard InChI is InChI=1S/C18H15N3O2S3/c22-17(12-26-18-7-1-2-8-20(18)23)21-14(16-6-4-10-25-16)11-13(19-21)15-5-3-9-24-15/h1-10,14H,11-12H2/t14-/m0/s1. The van der Waals surface area contributed by atoms with Gasteiger partial charge in [0.05, 0.1) is 22.4 Å². The number of carbonyl (C=O) groups is 1. The molecule has 1 amide bonds. The zero-order valence-corrected chi connectivity index (χ0v) is 16.1. The first-order valence-electron chi connectivity index (χ1n) is 8.00. The summed E-state index contributed by atoms with van der Waals surface area (Å²) in [6.07, 6.45) is 2.15. The lowest BCUT2D eigenvalue weighted by molar-refractivity contribution is -0.645. The summed E-state index contributed by atoms with van der Waals surface area (Å²) in [5, 5.41) is 22.5. The average molecular weight is 402 g/mol. The Kier molecular flexibility index (Phi) is 5.05. The van der Waals surface area contributed by atoms with Gasteiger partial charge in [0.1, 0.15) is 0 Å². The van der Waals surface area contributed by atoms with Crippen LogP contribution in [0.3, 0.4) is 0 Å². The number of aromatic nitrogens is 1. The van der Waals surface area contributed by atoms with Crippen LogP contribution in [-0.2, 0) is 4.79 Å². The van der Waals surface area contributed by atoms with Gasteiger partial charge in [0.15, 0.2) is 6.20 Å². The molecule has 1 atom stereocenters. The highest BCUT2D eigenvalue weighted by Crippen LogP contribution is 2.36. The van der Waals surface area contributed by atoms with Crippen molar-refractivity contribution in [3.05, 3.63) is 74.4 Å². The van der Waals surface area contributed by atoms with Crippen molar-refractivity contribution in [3.8, 4) is 0 Å². The van der Waals surface area contributed by atoms with E-state index in [2.05, 4.69) is 5.10 Å². The van der Waals surface area contributed by atoms with Crippen LogP contribution in [0.25, 0.3) is 0 Å². The number of hydrogen-bond donors (Lipinski definition) is 0. The molecule has 0 aromatic carbocycles. The molecule has 26 heavy (non-hydrogen) atoms. The Morgan fingerprint density at radius 1 is 1.23 bits per heavy atom. The second-order valence-corrected chi connectivity index (χ2v) is 8.57. The molecule has 0 N–H and O–H groups in total. The average Bonchev–Trinajstić information content (AvgIpc) is 3.41. The molecule has 0 unspecified atom stereocenters. The second-order valence-electron chi connectivity index (χ2n) is 5.65. The van der Waals surface area contributed by atoms with Gasteiger partial charge in [0.25, 0.3) is 10.9 Å². The molecule has 0 saturated carbocycles. The Morgan fingerprint density at radius 2 is 2.08 bits per heavy atom. The lowest BCUT2D eigenvalue weighted by Gasteiger charge is -2.20. The predicted molar refractivity (Wildman–Crippen MR) is 106 cm³/mol. The van der Waals surface area contributed by atoms with Gasteiger partial charge in [-0.3, -0.25) is 4.79 Å². The maximum Gasteiger partial charge on any atom is 0.253 e. The van der Waals surface area contributed by atoms with E-state index in [1.54, 1.807) is 45.9 Å². The van der Waals surface area contributed by atoms with Crippen LogP contribution in [0.5, 0.6) is 0 Å². The Balaban J connectivity index is 1.54. The summed E-state index contributed by atoms with van der Waals surface area (Å²) in [7, 11) is 0. The highest BCUT2D eigenvalue weighted by Gasteiger charge is 2.34. The van der Waals surface area contributed by atoms with E-state index in [0.29, 0.717) is 11.4 Å². The Hall–Kier alpha value is -2.16. The van der Waals surface area contributed by atoms with Gasteiger partial charge in [-0.05, 0) is 40.7 Å². The highest BCUT2D eigenvalue weighted by molar-refractivity contribution is 7.99. The Bertz CT molecular complexity index is 923. The minimum absolute atomic E-state index is 0.0738. The summed E-state index contributed by atoms with van der Waals surface area (Å²) in [5.74, 6) is 0.0822. The molecule has 3 aromatic heterocycles. The molecule has 0 fully saturated rings. The minimum atomic E-state index is -0.0937. The van der Waals surface area contributed by atoms with Gasteiger partial charge < -0.3 is 5.21 Å². The Labute approximate surface area is 163 Å². The van der Waals surface area contributed by atoms with Gasteiger partial charge in [-0.15, -0.1) is 22.7 Å². The molecule has 0 radical (unpaired) electrons. The molecular formula is C18H15N3O2S3. The molecule has 0 spiro atoms. The highest BCUT2D eigenvalue weighted by atomic mass is 32.2. The van der Waals surface area contributed by atoms with Crippen molar-refractivity contribution in [1.82, 2.24) is 5.01 Å². The lowest BCUT2D eigenvalue weighted by atomic mass is 10.1. The van der Waals surface area contributed by atoms with Crippen molar-refractivity contribution < 1.29 is 9.52 Å². The van der Waals surface area contributed by atoms with Crippen LogP contribution < -0.4 is 4.73 Å². The molecule has 0 aliphatic carbocycles. The van der Waals surface area contributed by atoms with Crippen LogP contribution in [-0.4, -0.2) is 22.4 Å². The molecule has 8 heteroatoms. The maximum atomic E-state index is 12.8. The van der Waals surface area contributed by atoms with E-state index in [1.165, 1.54) is 18.0 Å². The third kappa shape index (κ3) is 3.53. The second kappa shape index (κ2) is 7.61. The van der Waals surface area contributed by atoms with Gasteiger partial charge in [-0.1, -0.05) is 12.1 Å². The molecule has 3 aromatic rings. The van der Waals surface area contributed by atoms with E-state index in [0.717, 1.165) is 20.2 Å². The van der Waals surface area contributed by atoms with Crippen molar-refractivity contribution in [3.63, 3.8) is 0 Å². The predicted octanol–water partition coefficient (Wildman–Crippen LogP) is 3.91. The number of thiophene rings is 2. The molecule has 4 rings (SSSR count). The molecular weight excluding hydrogens is 386 g/mol. The first kappa shape index (κ1) is 17.3. The van der Waals surface area contributed by atoms with E-state index in [9.17, 15) is 10.0 Å². The van der Waals surface area contributed by atoms with Crippen LogP contribution in [0.4, 0.5) is 0 Å². The topological polar surface area (TPSA) is 59.6 Å². The summed E-state index contributed by atoms with van der Waals surface area (Å²) in [6.45, 7) is 0. The van der Waals surface area contributed by atoms with Crippen LogP contribution >= 0.6 is 34.4 Å². The molecule has 5 nitrogen and oxygen atoms in total. The SMILES string of the molecule is O=C(CSc1cccc[n+]1[O-])N1N=C(c2cccs2)C[C@H]1c1cccs1. The van der Waals surface area contributed by atoms with Crippen molar-refractivity contribution in [1.29, 1.82) is 0 Å². The summed E-state index contributed by atoms with van der Waals surface area (Å²) >= 11 is 4.50. The van der Waals surface area contributed by atoms with E-state index in [4.69, 9.17) is 0 Å². The maximum absolute atomic E-state index is 12.8. The number of rotatable bonds is 5. The largest absolute Gasteiger partial charge is 0.618 e. The van der Waals surface area contributed by atoms with Crippen molar-refractivity contribution in [2.45, 2.75) is 17.5 Å². The van der Waals surface area contributed by atoms with Crippen LogP contribution in [0.2, 0.25) is 0 Å². The smallest absolute Gasteiger partial charge is 0.253 e. The van der Waals surface area contributed by atoms with Crippen LogP contribution in [0.1, 0.15) is 22.2 Å². The third-order valence-corrected chi connectivity index (χ3v) is 6.87. The van der Waals surface area contributed by atoms with E-state index in [1.807, 2.05) is 35.0 Å². The number of nitrogens with zero attached hydrogens (tertiary/aromatic N) is 3. The molecule has 1 aliphatic rings. The van der Waals surface area contributed by atoms with Crippen LogP contribution in [0.15, 0.2) is 69.5 Å². The lowest BCUT2D eigenvalue weighted by Crippen LogP contribution is -2.31. The van der Waals surface area contributed by atoms with E-state index < -0.39 is 0 Å². The van der Waals surface area contributed by atoms with Crippen molar-refractivity contribution in [2.75, 3.05) is 5.75 Å². The van der Waals surface area contributed by atoms with Gasteiger partial charge in [0, 0.05) is 23.4 Å². The number of hydrazone groups is 1. The quantitative estimate of drug-likeness (QED) is 0.370. The number of pyridine rings is 1. The fourth-order valence-corrected chi connectivity index (χ4v) is 5.06. The van der Waals surface area contributed by atoms with Gasteiger partial charge in [-0.25, -0.2) is 5.01 Å². The minimum Gasteiger partial charge on any atom is -0.618 e. The van der Waals surface area contributed by atoms with Crippen molar-refractivity contribution >= 4 is 46.1 Å². The number of thioether (sulfide) groups is 1. The summed E-state index contributed by atoms with van der Waals surface area (Å²) in [5.41, 5.74) is 0.940. The molecule has 0 saturated heterocycles. The normalized spacial score (nSPS) is 16.7. The summed E-state index contributed by atoms with van der Waals surface area (Å²) in [6, 6.07) is 13.2. The van der Waals surface area contributed by atoms with E-state index >= 15 is 0 Å². The summed E-state index contributed by atoms with van der Waals surface area (Å²) < 4.78 is 0.777. The number of carbonyl (C=O) groups excluding carboxylic acids is 1. The van der Waals surface area contributed by atoms with Gasteiger partial charge in [-0.2, -0.15) is 9.83 Å². The van der Waals surface area contributed by atoms with Gasteiger partial charge >= 0.3 is 0 Å². The monoisotopic (exact) mass is 401 g/mol. The van der Waals surface area contributed by atoms with Crippen molar-refractivity contribution in [2.24, 2.45) is 5.10 Å². The van der Waals surface area contributed by atoms with Gasteiger partial charge in [0.2, 0.25) is 0 Å². The first-order valence-corrected chi connectivity index (χ1v) is 10.7. The Morgan fingerprint density at radius 3 is 2.81 bits per heavy atom. The van der Waals surface area contributed by atoms with E-state index in [-0.39, 0.29) is 17.7 Å².